The minimum absolute atomic E-state index is 0.00876. The van der Waals surface area contributed by atoms with E-state index in [1.807, 2.05) is 0 Å². The number of hydrogen-bond acceptors (Lipinski definition) is 4. The maximum atomic E-state index is 12.1. The average molecular weight is 344 g/mol. The Morgan fingerprint density at radius 3 is 2.63 bits per heavy atom. The van der Waals surface area contributed by atoms with Crippen LogP contribution >= 0.6 is 34.5 Å². The van der Waals surface area contributed by atoms with Gasteiger partial charge in [0, 0.05) is 6.54 Å². The van der Waals surface area contributed by atoms with Crippen molar-refractivity contribution in [3.8, 4) is 0 Å². The normalized spacial score (nSPS) is 24.6. The van der Waals surface area contributed by atoms with Gasteiger partial charge in [-0.05, 0) is 24.8 Å². The Kier molecular flexibility index (Phi) is 5.14. The second-order valence-electron chi connectivity index (χ2n) is 4.65. The summed E-state index contributed by atoms with van der Waals surface area (Å²) >= 11 is 12.6. The molecule has 0 aromatic carbocycles. The molecule has 1 aromatic rings. The van der Waals surface area contributed by atoms with Crippen molar-refractivity contribution in [3.05, 3.63) is 14.7 Å². The first-order valence-electron chi connectivity index (χ1n) is 6.02. The van der Waals surface area contributed by atoms with Crippen molar-refractivity contribution in [2.75, 3.05) is 6.54 Å². The van der Waals surface area contributed by atoms with Gasteiger partial charge < -0.3 is 5.11 Å². The SMILES string of the molecule is O=S(=O)(NCC1CCCCC1O)c1cc(Cl)sc1Cl. The number of nitrogens with one attached hydrogen (secondary N) is 1. The van der Waals surface area contributed by atoms with E-state index in [0.717, 1.165) is 37.0 Å². The second kappa shape index (κ2) is 6.28. The molecule has 8 heteroatoms. The molecule has 1 fully saturated rings. The molecule has 0 amide bonds. The first-order chi connectivity index (χ1) is 8.90. The summed E-state index contributed by atoms with van der Waals surface area (Å²) in [7, 11) is -3.66. The molecule has 1 aliphatic rings. The van der Waals surface area contributed by atoms with E-state index >= 15 is 0 Å². The van der Waals surface area contributed by atoms with Crippen LogP contribution in [-0.4, -0.2) is 26.2 Å². The quantitative estimate of drug-likeness (QED) is 0.883. The number of aliphatic hydroxyl groups is 1. The summed E-state index contributed by atoms with van der Waals surface area (Å²) in [5.74, 6) is -0.0311. The van der Waals surface area contributed by atoms with Gasteiger partial charge in [-0.25, -0.2) is 13.1 Å². The Morgan fingerprint density at radius 2 is 2.05 bits per heavy atom. The summed E-state index contributed by atoms with van der Waals surface area (Å²) < 4.78 is 27.2. The van der Waals surface area contributed by atoms with Crippen molar-refractivity contribution in [2.45, 2.75) is 36.7 Å². The lowest BCUT2D eigenvalue weighted by atomic mass is 9.87. The molecule has 1 saturated carbocycles. The van der Waals surface area contributed by atoms with Gasteiger partial charge in [0.1, 0.15) is 9.23 Å². The van der Waals surface area contributed by atoms with Crippen molar-refractivity contribution in [1.29, 1.82) is 0 Å². The molecular weight excluding hydrogens is 329 g/mol. The summed E-state index contributed by atoms with van der Waals surface area (Å²) in [5.41, 5.74) is 0. The molecule has 2 N–H and O–H groups in total. The first-order valence-corrected chi connectivity index (χ1v) is 9.08. The van der Waals surface area contributed by atoms with E-state index in [1.165, 1.54) is 6.07 Å². The molecule has 1 heterocycles. The highest BCUT2D eigenvalue weighted by atomic mass is 35.5. The molecule has 0 spiro atoms. The largest absolute Gasteiger partial charge is 0.393 e. The number of thiophene rings is 1. The molecule has 2 rings (SSSR count). The Hall–Kier alpha value is 0.150. The third kappa shape index (κ3) is 3.83. The first kappa shape index (κ1) is 15.5. The molecule has 2 atom stereocenters. The van der Waals surface area contributed by atoms with Crippen LogP contribution in [0.4, 0.5) is 0 Å². The lowest BCUT2D eigenvalue weighted by molar-refractivity contribution is 0.0724. The number of aliphatic hydroxyl groups excluding tert-OH is 1. The molecule has 2 unspecified atom stereocenters. The van der Waals surface area contributed by atoms with Gasteiger partial charge in [0.2, 0.25) is 10.0 Å². The van der Waals surface area contributed by atoms with E-state index in [-0.39, 0.29) is 21.7 Å². The fraction of sp³-hybridized carbons (Fsp3) is 0.636. The maximum absolute atomic E-state index is 12.1. The van der Waals surface area contributed by atoms with E-state index in [9.17, 15) is 13.5 Å². The van der Waals surface area contributed by atoms with Crippen molar-refractivity contribution in [3.63, 3.8) is 0 Å². The summed E-state index contributed by atoms with van der Waals surface area (Å²) in [6, 6.07) is 1.34. The zero-order chi connectivity index (χ0) is 14.0. The molecule has 4 nitrogen and oxygen atoms in total. The summed E-state index contributed by atoms with van der Waals surface area (Å²) in [4.78, 5) is 0.00876. The number of hydrogen-bond donors (Lipinski definition) is 2. The fourth-order valence-electron chi connectivity index (χ4n) is 2.23. The summed E-state index contributed by atoms with van der Waals surface area (Å²) in [6.45, 7) is 0.229. The molecule has 19 heavy (non-hydrogen) atoms. The summed E-state index contributed by atoms with van der Waals surface area (Å²) in [5, 5.41) is 9.82. The monoisotopic (exact) mass is 343 g/mol. The van der Waals surface area contributed by atoms with Gasteiger partial charge in [0.15, 0.2) is 0 Å². The van der Waals surface area contributed by atoms with E-state index in [1.54, 1.807) is 0 Å². The van der Waals surface area contributed by atoms with Gasteiger partial charge in [0.05, 0.1) is 10.4 Å². The second-order valence-corrected chi connectivity index (χ2v) is 8.67. The van der Waals surface area contributed by atoms with Crippen LogP contribution < -0.4 is 4.72 Å². The Bertz CT molecular complexity index is 544. The van der Waals surface area contributed by atoms with Crippen LogP contribution in [0, 0.1) is 5.92 Å². The molecule has 0 saturated heterocycles. The molecule has 1 aliphatic carbocycles. The lowest BCUT2D eigenvalue weighted by Gasteiger charge is -2.27. The van der Waals surface area contributed by atoms with Crippen molar-refractivity contribution >= 4 is 44.6 Å². The smallest absolute Gasteiger partial charge is 0.242 e. The third-order valence-electron chi connectivity index (χ3n) is 3.32. The number of sulfonamides is 1. The highest BCUT2D eigenvalue weighted by molar-refractivity contribution is 7.89. The minimum Gasteiger partial charge on any atom is -0.393 e. The lowest BCUT2D eigenvalue weighted by Crippen LogP contribution is -2.36. The Morgan fingerprint density at radius 1 is 1.37 bits per heavy atom. The highest BCUT2D eigenvalue weighted by Crippen LogP contribution is 2.34. The standard InChI is InChI=1S/C11H15Cl2NO3S2/c12-10-5-9(11(13)18-10)19(16,17)14-6-7-3-1-2-4-8(7)15/h5,7-8,14-15H,1-4,6H2. The van der Waals surface area contributed by atoms with E-state index in [0.29, 0.717) is 4.34 Å². The van der Waals surface area contributed by atoms with Crippen LogP contribution in [0.2, 0.25) is 8.67 Å². The number of rotatable bonds is 4. The van der Waals surface area contributed by atoms with Crippen LogP contribution in [0.3, 0.4) is 0 Å². The Balaban J connectivity index is 2.03. The van der Waals surface area contributed by atoms with Gasteiger partial charge in [0.25, 0.3) is 0 Å². The minimum atomic E-state index is -3.66. The van der Waals surface area contributed by atoms with Crippen LogP contribution in [0.15, 0.2) is 11.0 Å². The van der Waals surface area contributed by atoms with Crippen molar-refractivity contribution in [1.82, 2.24) is 4.72 Å². The molecule has 0 bridgehead atoms. The maximum Gasteiger partial charge on any atom is 0.242 e. The fourth-order valence-corrected chi connectivity index (χ4v) is 5.47. The zero-order valence-electron chi connectivity index (χ0n) is 10.1. The van der Waals surface area contributed by atoms with Crippen molar-refractivity contribution in [2.24, 2.45) is 5.92 Å². The molecular formula is C11H15Cl2NO3S2. The van der Waals surface area contributed by atoms with Gasteiger partial charge in [-0.3, -0.25) is 0 Å². The predicted octanol–water partition coefficient (Wildman–Crippen LogP) is 2.88. The molecule has 0 radical (unpaired) electrons. The Labute approximate surface area is 126 Å². The van der Waals surface area contributed by atoms with Crippen molar-refractivity contribution < 1.29 is 13.5 Å². The van der Waals surface area contributed by atoms with Gasteiger partial charge in [-0.1, -0.05) is 36.0 Å². The van der Waals surface area contributed by atoms with Gasteiger partial charge in [-0.2, -0.15) is 0 Å². The zero-order valence-corrected chi connectivity index (χ0v) is 13.2. The summed E-state index contributed by atoms with van der Waals surface area (Å²) in [6.07, 6.45) is 3.15. The average Bonchev–Trinajstić information content (AvgIpc) is 2.68. The van der Waals surface area contributed by atoms with E-state index < -0.39 is 16.1 Å². The van der Waals surface area contributed by atoms with Gasteiger partial charge in [-0.15, -0.1) is 11.3 Å². The molecule has 0 aliphatic heterocycles. The highest BCUT2D eigenvalue weighted by Gasteiger charge is 2.26. The van der Waals surface area contributed by atoms with Gasteiger partial charge >= 0.3 is 0 Å². The van der Waals surface area contributed by atoms with Crippen LogP contribution in [0.1, 0.15) is 25.7 Å². The molecule has 108 valence electrons. The third-order valence-corrected chi connectivity index (χ3v) is 6.50. The van der Waals surface area contributed by atoms with Crippen LogP contribution in [0.5, 0.6) is 0 Å². The van der Waals surface area contributed by atoms with E-state index in [2.05, 4.69) is 4.72 Å². The van der Waals surface area contributed by atoms with Crippen LogP contribution in [-0.2, 0) is 10.0 Å². The van der Waals surface area contributed by atoms with Crippen LogP contribution in [0.25, 0.3) is 0 Å². The predicted molar refractivity (Wildman–Crippen MR) is 77.5 cm³/mol. The number of halogens is 2. The molecule has 1 aromatic heterocycles. The topological polar surface area (TPSA) is 66.4 Å². The van der Waals surface area contributed by atoms with E-state index in [4.69, 9.17) is 23.2 Å².